The van der Waals surface area contributed by atoms with Crippen LogP contribution in [0.15, 0.2) is 30.8 Å². The van der Waals surface area contributed by atoms with E-state index in [1.807, 2.05) is 26.0 Å². The molecule has 0 aromatic heterocycles. The summed E-state index contributed by atoms with van der Waals surface area (Å²) in [5, 5.41) is 0. The zero-order valence-electron chi connectivity index (χ0n) is 9.00. The molecular formula is C12H17NO. The van der Waals surface area contributed by atoms with Gasteiger partial charge < -0.3 is 0 Å². The second kappa shape index (κ2) is 4.82. The lowest BCUT2D eigenvalue weighted by Gasteiger charge is -2.12. The molecule has 1 N–H and O–H groups in total. The van der Waals surface area contributed by atoms with Crippen LogP contribution < -0.4 is 5.48 Å². The quantitative estimate of drug-likeness (QED) is 0.739. The van der Waals surface area contributed by atoms with E-state index in [1.54, 1.807) is 0 Å². The van der Waals surface area contributed by atoms with Crippen LogP contribution in [-0.4, -0.2) is 6.10 Å². The number of benzene rings is 1. The van der Waals surface area contributed by atoms with Crippen LogP contribution in [0, 0.1) is 6.92 Å². The fraction of sp³-hybridized carbons (Fsp3) is 0.333. The van der Waals surface area contributed by atoms with Crippen LogP contribution >= 0.6 is 0 Å². The first kappa shape index (κ1) is 10.8. The monoisotopic (exact) mass is 191 g/mol. The molecule has 0 amide bonds. The van der Waals surface area contributed by atoms with Crippen molar-refractivity contribution in [1.29, 1.82) is 0 Å². The van der Waals surface area contributed by atoms with Crippen molar-refractivity contribution in [2.45, 2.75) is 26.9 Å². The molecule has 0 atom stereocenters. The molecule has 0 fully saturated rings. The number of hydrogen-bond donors (Lipinski definition) is 1. The maximum atomic E-state index is 5.25. The Balaban J connectivity index is 2.61. The molecular weight excluding hydrogens is 174 g/mol. The van der Waals surface area contributed by atoms with Gasteiger partial charge >= 0.3 is 0 Å². The van der Waals surface area contributed by atoms with Gasteiger partial charge in [-0.3, -0.25) is 10.3 Å². The normalized spacial score (nSPS) is 10.3. The third kappa shape index (κ3) is 3.23. The van der Waals surface area contributed by atoms with Gasteiger partial charge in [-0.15, -0.1) is 0 Å². The van der Waals surface area contributed by atoms with Gasteiger partial charge in [0.05, 0.1) is 11.8 Å². The maximum absolute atomic E-state index is 5.25. The molecule has 0 saturated heterocycles. The molecule has 1 rings (SSSR count). The van der Waals surface area contributed by atoms with Crippen molar-refractivity contribution in [3.8, 4) is 0 Å². The van der Waals surface area contributed by atoms with Crippen molar-refractivity contribution < 1.29 is 4.84 Å². The molecule has 0 radical (unpaired) electrons. The summed E-state index contributed by atoms with van der Waals surface area (Å²) in [7, 11) is 0. The van der Waals surface area contributed by atoms with Gasteiger partial charge in [-0.05, 0) is 32.4 Å². The van der Waals surface area contributed by atoms with Crippen molar-refractivity contribution in [2.24, 2.45) is 0 Å². The Morgan fingerprint density at radius 2 is 2.14 bits per heavy atom. The summed E-state index contributed by atoms with van der Waals surface area (Å²) in [6, 6.07) is 8.14. The van der Waals surface area contributed by atoms with Gasteiger partial charge in [0.2, 0.25) is 0 Å². The van der Waals surface area contributed by atoms with Crippen LogP contribution in [0.2, 0.25) is 0 Å². The van der Waals surface area contributed by atoms with Crippen LogP contribution in [0.1, 0.15) is 25.0 Å². The molecule has 1 aromatic rings. The fourth-order valence-corrected chi connectivity index (χ4v) is 1.08. The van der Waals surface area contributed by atoms with E-state index < -0.39 is 0 Å². The molecule has 1 aromatic carbocycles. The standard InChI is InChI=1S/C12H17NO/c1-9(2)14-13-11(4)12-7-5-6-10(3)8-12/h5-9,13H,4H2,1-3H3. The number of nitrogens with one attached hydrogen (secondary N) is 1. The molecule has 0 saturated carbocycles. The molecule has 76 valence electrons. The number of hydrogen-bond acceptors (Lipinski definition) is 2. The van der Waals surface area contributed by atoms with Gasteiger partial charge in [0.1, 0.15) is 0 Å². The van der Waals surface area contributed by atoms with Gasteiger partial charge in [0, 0.05) is 0 Å². The van der Waals surface area contributed by atoms with Crippen molar-refractivity contribution in [3.63, 3.8) is 0 Å². The van der Waals surface area contributed by atoms with E-state index in [4.69, 9.17) is 4.84 Å². The Kier molecular flexibility index (Phi) is 3.72. The Morgan fingerprint density at radius 1 is 1.43 bits per heavy atom. The highest BCUT2D eigenvalue weighted by atomic mass is 16.7. The first-order chi connectivity index (χ1) is 6.59. The first-order valence-electron chi connectivity index (χ1n) is 4.77. The minimum Gasteiger partial charge on any atom is -0.273 e. The highest BCUT2D eigenvalue weighted by Crippen LogP contribution is 2.11. The molecule has 0 aliphatic heterocycles. The molecule has 0 aliphatic carbocycles. The van der Waals surface area contributed by atoms with E-state index in [1.165, 1.54) is 5.56 Å². The van der Waals surface area contributed by atoms with Gasteiger partial charge in [0.15, 0.2) is 0 Å². The van der Waals surface area contributed by atoms with Crippen LogP contribution in [-0.2, 0) is 4.84 Å². The average molecular weight is 191 g/mol. The van der Waals surface area contributed by atoms with Crippen molar-refractivity contribution >= 4 is 5.70 Å². The van der Waals surface area contributed by atoms with Gasteiger partial charge in [0.25, 0.3) is 0 Å². The molecule has 0 spiro atoms. The SMILES string of the molecule is C=C(NOC(C)C)c1cccc(C)c1. The molecule has 14 heavy (non-hydrogen) atoms. The Bertz CT molecular complexity index is 318. The number of rotatable bonds is 4. The van der Waals surface area contributed by atoms with E-state index in [0.717, 1.165) is 11.3 Å². The molecule has 2 nitrogen and oxygen atoms in total. The van der Waals surface area contributed by atoms with Crippen LogP contribution in [0.3, 0.4) is 0 Å². The van der Waals surface area contributed by atoms with Crippen molar-refractivity contribution in [2.75, 3.05) is 0 Å². The van der Waals surface area contributed by atoms with Gasteiger partial charge in [-0.25, -0.2) is 0 Å². The minimum atomic E-state index is 0.150. The van der Waals surface area contributed by atoms with Crippen LogP contribution in [0.4, 0.5) is 0 Å². The lowest BCUT2D eigenvalue weighted by Crippen LogP contribution is -2.17. The van der Waals surface area contributed by atoms with E-state index in [9.17, 15) is 0 Å². The summed E-state index contributed by atoms with van der Waals surface area (Å²) < 4.78 is 0. The minimum absolute atomic E-state index is 0.150. The molecule has 0 unspecified atom stereocenters. The summed E-state index contributed by atoms with van der Waals surface area (Å²) in [6.45, 7) is 9.90. The molecule has 0 aliphatic rings. The summed E-state index contributed by atoms with van der Waals surface area (Å²) in [5.74, 6) is 0. The fourth-order valence-electron chi connectivity index (χ4n) is 1.08. The Hall–Kier alpha value is -1.28. The topological polar surface area (TPSA) is 21.3 Å². The van der Waals surface area contributed by atoms with Crippen LogP contribution in [0.25, 0.3) is 5.70 Å². The second-order valence-corrected chi connectivity index (χ2v) is 3.62. The predicted octanol–water partition coefficient (Wildman–Crippen LogP) is 2.90. The number of aryl methyl sites for hydroxylation is 1. The van der Waals surface area contributed by atoms with Gasteiger partial charge in [-0.2, -0.15) is 0 Å². The van der Waals surface area contributed by atoms with E-state index in [0.29, 0.717) is 0 Å². The summed E-state index contributed by atoms with van der Waals surface area (Å²) in [6.07, 6.45) is 0.150. The predicted molar refractivity (Wildman–Crippen MR) is 59.6 cm³/mol. The highest BCUT2D eigenvalue weighted by Gasteiger charge is 1.99. The van der Waals surface area contributed by atoms with Crippen LogP contribution in [0.5, 0.6) is 0 Å². The summed E-state index contributed by atoms with van der Waals surface area (Å²) >= 11 is 0. The highest BCUT2D eigenvalue weighted by molar-refractivity contribution is 5.61. The average Bonchev–Trinajstić information content (AvgIpc) is 2.14. The zero-order chi connectivity index (χ0) is 10.6. The number of hydroxylamine groups is 1. The third-order valence-corrected chi connectivity index (χ3v) is 1.78. The zero-order valence-corrected chi connectivity index (χ0v) is 9.00. The van der Waals surface area contributed by atoms with E-state index in [2.05, 4.69) is 31.1 Å². The maximum Gasteiger partial charge on any atom is 0.0797 e. The lowest BCUT2D eigenvalue weighted by molar-refractivity contribution is 0.0276. The summed E-state index contributed by atoms with van der Waals surface area (Å²) in [5.41, 5.74) is 5.90. The lowest BCUT2D eigenvalue weighted by atomic mass is 10.1. The first-order valence-corrected chi connectivity index (χ1v) is 4.77. The molecule has 0 bridgehead atoms. The van der Waals surface area contributed by atoms with Crippen molar-refractivity contribution in [1.82, 2.24) is 5.48 Å². The largest absolute Gasteiger partial charge is 0.273 e. The second-order valence-electron chi connectivity index (χ2n) is 3.62. The van der Waals surface area contributed by atoms with Gasteiger partial charge in [-0.1, -0.05) is 30.3 Å². The molecule has 0 heterocycles. The van der Waals surface area contributed by atoms with E-state index in [-0.39, 0.29) is 6.10 Å². The smallest absolute Gasteiger partial charge is 0.0797 e. The third-order valence-electron chi connectivity index (χ3n) is 1.78. The van der Waals surface area contributed by atoms with E-state index >= 15 is 0 Å². The Morgan fingerprint density at radius 3 is 2.71 bits per heavy atom. The Labute approximate surface area is 85.5 Å². The molecule has 2 heteroatoms. The summed E-state index contributed by atoms with van der Waals surface area (Å²) in [4.78, 5) is 5.25. The van der Waals surface area contributed by atoms with Crippen molar-refractivity contribution in [3.05, 3.63) is 42.0 Å².